The van der Waals surface area contributed by atoms with Crippen LogP contribution in [0, 0.1) is 15.5 Å². The molecule has 21 heavy (non-hydrogen) atoms. The first-order valence-corrected chi connectivity index (χ1v) is 7.48. The van der Waals surface area contributed by atoms with E-state index in [1.54, 1.807) is 12.1 Å². The van der Waals surface area contributed by atoms with Gasteiger partial charge in [-0.3, -0.25) is 10.1 Å². The van der Waals surface area contributed by atoms with E-state index in [4.69, 9.17) is 4.74 Å². The summed E-state index contributed by atoms with van der Waals surface area (Å²) in [6, 6.07) is 7.17. The van der Waals surface area contributed by atoms with E-state index in [1.807, 2.05) is 26.0 Å². The molecule has 1 N–H and O–H groups in total. The highest BCUT2D eigenvalue weighted by molar-refractivity contribution is 5.41. The normalized spacial score (nSPS) is 25.1. The van der Waals surface area contributed by atoms with Crippen molar-refractivity contribution in [2.45, 2.75) is 52.3 Å². The summed E-state index contributed by atoms with van der Waals surface area (Å²) in [6.45, 7) is 9.07. The molecule has 0 aliphatic heterocycles. The van der Waals surface area contributed by atoms with Crippen molar-refractivity contribution in [3.8, 4) is 0 Å². The fraction of sp³-hybridized carbons (Fsp3) is 0.625. The maximum atomic E-state index is 11.1. The lowest BCUT2D eigenvalue weighted by molar-refractivity contribution is -0.385. The lowest BCUT2D eigenvalue weighted by atomic mass is 9.64. The third-order valence-electron chi connectivity index (χ3n) is 4.60. The first-order chi connectivity index (χ1) is 9.87. The van der Waals surface area contributed by atoms with E-state index in [-0.39, 0.29) is 28.2 Å². The Labute approximate surface area is 125 Å². The van der Waals surface area contributed by atoms with Crippen LogP contribution in [-0.4, -0.2) is 23.7 Å². The van der Waals surface area contributed by atoms with Crippen molar-refractivity contribution in [1.29, 1.82) is 0 Å². The average Bonchev–Trinajstić information content (AvgIpc) is 2.46. The second-order valence-electron chi connectivity index (χ2n) is 6.26. The molecule has 1 saturated carbocycles. The predicted molar refractivity (Wildman–Crippen MR) is 82.2 cm³/mol. The molecule has 3 unspecified atom stereocenters. The molecule has 1 aromatic rings. The Balaban J connectivity index is 2.07. The van der Waals surface area contributed by atoms with Gasteiger partial charge in [0.15, 0.2) is 0 Å². The molecule has 0 heterocycles. The minimum Gasteiger partial charge on any atom is -0.378 e. The quantitative estimate of drug-likeness (QED) is 0.644. The third-order valence-corrected chi connectivity index (χ3v) is 4.60. The van der Waals surface area contributed by atoms with Crippen molar-refractivity contribution < 1.29 is 9.66 Å². The molecule has 1 aromatic carbocycles. The zero-order chi connectivity index (χ0) is 15.6. The number of nitro benzene ring substituents is 1. The lowest BCUT2D eigenvalue weighted by Gasteiger charge is -2.52. The first kappa shape index (κ1) is 15.9. The zero-order valence-corrected chi connectivity index (χ0v) is 13.1. The van der Waals surface area contributed by atoms with Gasteiger partial charge in [-0.1, -0.05) is 32.0 Å². The number of rotatable bonds is 6. The molecule has 116 valence electrons. The molecular weight excluding hydrogens is 268 g/mol. The van der Waals surface area contributed by atoms with Crippen molar-refractivity contribution >= 4 is 5.69 Å². The Bertz CT molecular complexity index is 516. The standard InChI is InChI=1S/C16H24N2O3/c1-5-21-15-10-14(16(15,3)4)17-11(2)12-8-6-7-9-13(12)18(19)20/h6-9,11,14-15,17H,5,10H2,1-4H3. The van der Waals surface area contributed by atoms with Crippen LogP contribution in [0.3, 0.4) is 0 Å². The van der Waals surface area contributed by atoms with Crippen LogP contribution in [0.1, 0.15) is 45.7 Å². The number of nitro groups is 1. The summed E-state index contributed by atoms with van der Waals surface area (Å²) in [5.74, 6) is 0. The topological polar surface area (TPSA) is 64.4 Å². The van der Waals surface area contributed by atoms with E-state index >= 15 is 0 Å². The molecule has 0 amide bonds. The maximum absolute atomic E-state index is 11.1. The van der Waals surface area contributed by atoms with Crippen LogP contribution in [0.15, 0.2) is 24.3 Å². The minimum atomic E-state index is -0.317. The van der Waals surface area contributed by atoms with E-state index < -0.39 is 0 Å². The molecule has 0 aromatic heterocycles. The number of hydrogen-bond acceptors (Lipinski definition) is 4. The maximum Gasteiger partial charge on any atom is 0.274 e. The molecule has 1 aliphatic rings. The van der Waals surface area contributed by atoms with E-state index in [1.165, 1.54) is 0 Å². The second-order valence-corrected chi connectivity index (χ2v) is 6.26. The molecule has 5 heteroatoms. The summed E-state index contributed by atoms with van der Waals surface area (Å²) in [5.41, 5.74) is 0.961. The van der Waals surface area contributed by atoms with Crippen molar-refractivity contribution in [2.75, 3.05) is 6.61 Å². The van der Waals surface area contributed by atoms with E-state index in [0.29, 0.717) is 6.04 Å². The van der Waals surface area contributed by atoms with Crippen molar-refractivity contribution in [2.24, 2.45) is 5.41 Å². The fourth-order valence-corrected chi connectivity index (χ4v) is 3.06. The van der Waals surface area contributed by atoms with Crippen LogP contribution < -0.4 is 5.32 Å². The van der Waals surface area contributed by atoms with Crippen LogP contribution in [0.5, 0.6) is 0 Å². The SMILES string of the molecule is CCOC1CC(NC(C)c2ccccc2[N+](=O)[O-])C1(C)C. The van der Waals surface area contributed by atoms with Gasteiger partial charge < -0.3 is 10.1 Å². The highest BCUT2D eigenvalue weighted by atomic mass is 16.6. The summed E-state index contributed by atoms with van der Waals surface area (Å²) < 4.78 is 5.72. The Hall–Kier alpha value is -1.46. The highest BCUT2D eigenvalue weighted by Crippen LogP contribution is 2.44. The van der Waals surface area contributed by atoms with Gasteiger partial charge in [-0.2, -0.15) is 0 Å². The highest BCUT2D eigenvalue weighted by Gasteiger charge is 2.49. The molecule has 3 atom stereocenters. The van der Waals surface area contributed by atoms with Gasteiger partial charge in [0.1, 0.15) is 0 Å². The van der Waals surface area contributed by atoms with Crippen LogP contribution in [0.25, 0.3) is 0 Å². The van der Waals surface area contributed by atoms with E-state index in [2.05, 4.69) is 19.2 Å². The average molecular weight is 292 g/mol. The molecule has 1 aliphatic carbocycles. The van der Waals surface area contributed by atoms with Crippen LogP contribution >= 0.6 is 0 Å². The summed E-state index contributed by atoms with van der Waals surface area (Å²) in [6.07, 6.45) is 1.21. The van der Waals surface area contributed by atoms with Gasteiger partial charge in [0.05, 0.1) is 11.0 Å². The van der Waals surface area contributed by atoms with Gasteiger partial charge in [0.25, 0.3) is 5.69 Å². The first-order valence-electron chi connectivity index (χ1n) is 7.48. The van der Waals surface area contributed by atoms with Crippen LogP contribution in [-0.2, 0) is 4.74 Å². The van der Waals surface area contributed by atoms with Gasteiger partial charge in [0, 0.05) is 35.7 Å². The summed E-state index contributed by atoms with van der Waals surface area (Å²) in [7, 11) is 0. The molecule has 0 spiro atoms. The number of para-hydroxylation sites is 1. The van der Waals surface area contributed by atoms with Gasteiger partial charge in [0.2, 0.25) is 0 Å². The predicted octanol–water partition coefficient (Wildman–Crippen LogP) is 3.45. The molecule has 1 fully saturated rings. The van der Waals surface area contributed by atoms with E-state index in [0.717, 1.165) is 18.6 Å². The number of nitrogens with one attached hydrogen (secondary N) is 1. The second kappa shape index (κ2) is 6.12. The number of hydrogen-bond donors (Lipinski definition) is 1. The van der Waals surface area contributed by atoms with Gasteiger partial charge in [-0.05, 0) is 20.3 Å². The third kappa shape index (κ3) is 3.09. The van der Waals surface area contributed by atoms with Gasteiger partial charge in [-0.15, -0.1) is 0 Å². The summed E-state index contributed by atoms with van der Waals surface area (Å²) in [5, 5.41) is 14.6. The van der Waals surface area contributed by atoms with Crippen LogP contribution in [0.2, 0.25) is 0 Å². The number of ether oxygens (including phenoxy) is 1. The van der Waals surface area contributed by atoms with Crippen molar-refractivity contribution in [3.05, 3.63) is 39.9 Å². The Morgan fingerprint density at radius 3 is 2.71 bits per heavy atom. The van der Waals surface area contributed by atoms with Crippen molar-refractivity contribution in [3.63, 3.8) is 0 Å². The monoisotopic (exact) mass is 292 g/mol. The molecule has 5 nitrogen and oxygen atoms in total. The molecule has 0 bridgehead atoms. The van der Waals surface area contributed by atoms with Crippen molar-refractivity contribution in [1.82, 2.24) is 5.32 Å². The van der Waals surface area contributed by atoms with Crippen LogP contribution in [0.4, 0.5) is 5.69 Å². The molecule has 0 radical (unpaired) electrons. The minimum absolute atomic E-state index is 0.0494. The number of benzene rings is 1. The smallest absolute Gasteiger partial charge is 0.274 e. The molecular formula is C16H24N2O3. The Morgan fingerprint density at radius 1 is 1.48 bits per heavy atom. The van der Waals surface area contributed by atoms with E-state index in [9.17, 15) is 10.1 Å². The summed E-state index contributed by atoms with van der Waals surface area (Å²) >= 11 is 0. The Kier molecular flexibility index (Phi) is 4.64. The largest absolute Gasteiger partial charge is 0.378 e. The number of nitrogens with zero attached hydrogens (tertiary/aromatic N) is 1. The lowest BCUT2D eigenvalue weighted by Crippen LogP contribution is -2.61. The molecule has 2 rings (SSSR count). The molecule has 0 saturated heterocycles. The Morgan fingerprint density at radius 2 is 2.14 bits per heavy atom. The van der Waals surface area contributed by atoms with Gasteiger partial charge in [-0.25, -0.2) is 0 Å². The zero-order valence-electron chi connectivity index (χ0n) is 13.1. The fourth-order valence-electron chi connectivity index (χ4n) is 3.06. The van der Waals surface area contributed by atoms with Gasteiger partial charge >= 0.3 is 0 Å². The summed E-state index contributed by atoms with van der Waals surface area (Å²) in [4.78, 5) is 10.8.